The summed E-state index contributed by atoms with van der Waals surface area (Å²) in [6.07, 6.45) is 12.5. The van der Waals surface area contributed by atoms with Gasteiger partial charge in [-0.1, -0.05) is 70.1 Å². The number of allylic oxidation sites excluding steroid dienone is 6. The van der Waals surface area contributed by atoms with Crippen LogP contribution in [0.25, 0.3) is 0 Å². The highest BCUT2D eigenvalue weighted by Gasteiger charge is 2.63. The molecule has 0 aromatic heterocycles. The van der Waals surface area contributed by atoms with E-state index in [0.29, 0.717) is 23.8 Å². The molecule has 0 spiro atoms. The zero-order valence-corrected chi connectivity index (χ0v) is 21.9. The molecular weight excluding hydrogens is 467 g/mol. The van der Waals surface area contributed by atoms with Gasteiger partial charge in [-0.25, -0.2) is 22.0 Å². The Morgan fingerprint density at radius 2 is 1.67 bits per heavy atom. The maximum absolute atomic E-state index is 16.0. The van der Waals surface area contributed by atoms with Crippen molar-refractivity contribution in [3.05, 3.63) is 34.7 Å². The molecule has 5 aliphatic rings. The molecule has 5 aliphatic carbocycles. The summed E-state index contributed by atoms with van der Waals surface area (Å²) in [5.41, 5.74) is 1.55. The van der Waals surface area contributed by atoms with Crippen LogP contribution in [-0.2, 0) is 0 Å². The number of hydrogen-bond donors (Lipinski definition) is 0. The quantitative estimate of drug-likeness (QED) is 0.236. The number of hydrogen-bond acceptors (Lipinski definition) is 0. The summed E-state index contributed by atoms with van der Waals surface area (Å²) in [6, 6.07) is 0. The van der Waals surface area contributed by atoms with Gasteiger partial charge < -0.3 is 0 Å². The fourth-order valence-corrected chi connectivity index (χ4v) is 8.78. The molecule has 3 saturated carbocycles. The predicted molar refractivity (Wildman–Crippen MR) is 135 cm³/mol. The van der Waals surface area contributed by atoms with Crippen molar-refractivity contribution in [1.29, 1.82) is 0 Å². The van der Waals surface area contributed by atoms with E-state index in [0.717, 1.165) is 76.2 Å². The van der Waals surface area contributed by atoms with E-state index in [2.05, 4.69) is 19.9 Å². The molecule has 0 heterocycles. The summed E-state index contributed by atoms with van der Waals surface area (Å²) in [4.78, 5) is 0. The lowest BCUT2D eigenvalue weighted by Crippen LogP contribution is -2.38. The van der Waals surface area contributed by atoms with Crippen molar-refractivity contribution in [3.63, 3.8) is 0 Å². The molecule has 202 valence electrons. The first-order chi connectivity index (χ1) is 17.3. The third kappa shape index (κ3) is 4.64. The topological polar surface area (TPSA) is 0 Å². The van der Waals surface area contributed by atoms with E-state index in [1.54, 1.807) is 6.08 Å². The monoisotopic (exact) mass is 510 g/mol. The Morgan fingerprint density at radius 3 is 2.28 bits per heavy atom. The van der Waals surface area contributed by atoms with Gasteiger partial charge >= 0.3 is 0 Å². The Morgan fingerprint density at radius 1 is 0.972 bits per heavy atom. The van der Waals surface area contributed by atoms with Crippen LogP contribution in [0.2, 0.25) is 0 Å². The number of rotatable bonds is 7. The van der Waals surface area contributed by atoms with E-state index >= 15 is 13.2 Å². The van der Waals surface area contributed by atoms with Crippen LogP contribution in [0.5, 0.6) is 0 Å². The van der Waals surface area contributed by atoms with Gasteiger partial charge in [-0.3, -0.25) is 0 Å². The minimum absolute atomic E-state index is 0.0557. The van der Waals surface area contributed by atoms with E-state index in [-0.39, 0.29) is 17.9 Å². The molecule has 0 N–H and O–H groups in total. The van der Waals surface area contributed by atoms with E-state index in [4.69, 9.17) is 0 Å². The van der Waals surface area contributed by atoms with Crippen molar-refractivity contribution in [2.45, 2.75) is 110 Å². The molecule has 6 unspecified atom stereocenters. The van der Waals surface area contributed by atoms with Crippen LogP contribution in [0.15, 0.2) is 34.7 Å². The van der Waals surface area contributed by atoms with Crippen molar-refractivity contribution in [3.8, 4) is 0 Å². The molecule has 5 rings (SSSR count). The lowest BCUT2D eigenvalue weighted by Gasteiger charge is -2.36. The highest BCUT2D eigenvalue weighted by molar-refractivity contribution is 5.49. The van der Waals surface area contributed by atoms with Crippen molar-refractivity contribution in [1.82, 2.24) is 0 Å². The van der Waals surface area contributed by atoms with Gasteiger partial charge in [0.2, 0.25) is 6.43 Å². The summed E-state index contributed by atoms with van der Waals surface area (Å²) in [5.74, 6) is -7.64. The van der Waals surface area contributed by atoms with Crippen LogP contribution in [0.1, 0.15) is 97.3 Å². The van der Waals surface area contributed by atoms with E-state index in [1.165, 1.54) is 0 Å². The highest BCUT2D eigenvalue weighted by atomic mass is 19.3. The molecule has 0 bridgehead atoms. The Kier molecular flexibility index (Phi) is 7.77. The van der Waals surface area contributed by atoms with Crippen molar-refractivity contribution < 1.29 is 22.0 Å². The Bertz CT molecular complexity index is 891. The molecule has 0 nitrogen and oxygen atoms in total. The average molecular weight is 511 g/mol. The Hall–Kier alpha value is -1.13. The maximum Gasteiger partial charge on any atom is 0.260 e. The first kappa shape index (κ1) is 26.5. The van der Waals surface area contributed by atoms with E-state index in [9.17, 15) is 8.78 Å². The van der Waals surface area contributed by atoms with Crippen molar-refractivity contribution in [2.24, 2.45) is 47.3 Å². The van der Waals surface area contributed by atoms with Crippen LogP contribution < -0.4 is 0 Å². The normalized spacial score (nSPS) is 40.2. The molecule has 6 atom stereocenters. The highest BCUT2D eigenvalue weighted by Crippen LogP contribution is 2.63. The van der Waals surface area contributed by atoms with Gasteiger partial charge in [0.25, 0.3) is 5.92 Å². The molecule has 0 aromatic rings. The summed E-state index contributed by atoms with van der Waals surface area (Å²) in [5, 5.41) is 0. The lowest BCUT2D eigenvalue weighted by molar-refractivity contribution is -0.0968. The standard InChI is InChI=1S/C31H43F5/c1-3-5-18-7-11-20(12-8-18)24-16-22-15-23-17-25(21-13-9-19(6-4-2)10-14-21)31(35,36)28(23)29(32)26(22)27(24)30(33)34/h11,15,18-19,21,23-25,27-28,30H,3-10,12-14,16-17H2,1-2H3. The van der Waals surface area contributed by atoms with Crippen LogP contribution in [0.3, 0.4) is 0 Å². The second-order valence-electron chi connectivity index (χ2n) is 12.6. The largest absolute Gasteiger partial charge is 0.260 e. The van der Waals surface area contributed by atoms with E-state index < -0.39 is 47.8 Å². The number of halogens is 5. The number of fused-ring (bicyclic) bond motifs is 2. The van der Waals surface area contributed by atoms with Gasteiger partial charge in [-0.2, -0.15) is 0 Å². The van der Waals surface area contributed by atoms with Crippen LogP contribution in [0.4, 0.5) is 22.0 Å². The second kappa shape index (κ2) is 10.6. The fraction of sp³-hybridized carbons (Fsp3) is 0.806. The Balaban J connectivity index is 1.38. The minimum Gasteiger partial charge on any atom is -0.211 e. The van der Waals surface area contributed by atoms with Crippen LogP contribution >= 0.6 is 0 Å². The van der Waals surface area contributed by atoms with Crippen molar-refractivity contribution in [2.75, 3.05) is 0 Å². The molecule has 5 heteroatoms. The SMILES string of the molecule is CCCC1CC=C(C2CC3=CC4CC(C5CCC(CCC)CC5)C(F)(F)C4C(F)=C3C2C(F)F)CC1. The summed E-state index contributed by atoms with van der Waals surface area (Å²) < 4.78 is 76.7. The zero-order chi connectivity index (χ0) is 25.6. The Labute approximate surface area is 213 Å². The third-order valence-corrected chi connectivity index (χ3v) is 10.5. The van der Waals surface area contributed by atoms with Crippen LogP contribution in [0, 0.1) is 47.3 Å². The summed E-state index contributed by atoms with van der Waals surface area (Å²) in [6.45, 7) is 4.32. The van der Waals surface area contributed by atoms with Gasteiger partial charge in [0, 0.05) is 5.92 Å². The zero-order valence-electron chi connectivity index (χ0n) is 21.9. The maximum atomic E-state index is 16.0. The summed E-state index contributed by atoms with van der Waals surface area (Å²) in [7, 11) is 0. The predicted octanol–water partition coefficient (Wildman–Crippen LogP) is 10.1. The number of alkyl halides is 4. The molecule has 0 saturated heterocycles. The van der Waals surface area contributed by atoms with E-state index in [1.807, 2.05) is 0 Å². The average Bonchev–Trinajstić information content (AvgIpc) is 3.36. The van der Waals surface area contributed by atoms with Gasteiger partial charge in [0.05, 0.1) is 11.8 Å². The smallest absolute Gasteiger partial charge is 0.211 e. The van der Waals surface area contributed by atoms with Crippen LogP contribution in [-0.4, -0.2) is 12.3 Å². The molecule has 3 fully saturated rings. The molecular formula is C31H43F5. The summed E-state index contributed by atoms with van der Waals surface area (Å²) >= 11 is 0. The first-order valence-electron chi connectivity index (χ1n) is 14.7. The molecule has 0 radical (unpaired) electrons. The molecule has 36 heavy (non-hydrogen) atoms. The second-order valence-corrected chi connectivity index (χ2v) is 12.6. The third-order valence-electron chi connectivity index (χ3n) is 10.5. The lowest BCUT2D eigenvalue weighted by atomic mass is 9.72. The van der Waals surface area contributed by atoms with Gasteiger partial charge in [-0.05, 0) is 85.7 Å². The molecule has 0 amide bonds. The first-order valence-corrected chi connectivity index (χ1v) is 14.7. The fourth-order valence-electron chi connectivity index (χ4n) is 8.78. The van der Waals surface area contributed by atoms with Gasteiger partial charge in [-0.15, -0.1) is 0 Å². The van der Waals surface area contributed by atoms with Gasteiger partial charge in [0.1, 0.15) is 5.83 Å². The molecule has 0 aliphatic heterocycles. The van der Waals surface area contributed by atoms with Gasteiger partial charge in [0.15, 0.2) is 0 Å². The molecule has 0 aromatic carbocycles. The minimum atomic E-state index is -3.17. The van der Waals surface area contributed by atoms with Crippen molar-refractivity contribution >= 4 is 0 Å².